The maximum absolute atomic E-state index is 12.5. The zero-order valence-electron chi connectivity index (χ0n) is 15.6. The number of hydrogen-bond acceptors (Lipinski definition) is 7. The average molecular weight is 386 g/mol. The van der Waals surface area contributed by atoms with E-state index in [2.05, 4.69) is 0 Å². The lowest BCUT2D eigenvalue weighted by molar-refractivity contribution is -0.284. The normalized spacial score (nSPS) is 27.0. The van der Waals surface area contributed by atoms with E-state index in [4.69, 9.17) is 18.9 Å². The van der Waals surface area contributed by atoms with Crippen molar-refractivity contribution in [1.29, 1.82) is 0 Å². The fourth-order valence-corrected chi connectivity index (χ4v) is 2.97. The number of carbonyl (C=O) groups is 2. The van der Waals surface area contributed by atoms with Gasteiger partial charge in [0.15, 0.2) is 18.5 Å². The highest BCUT2D eigenvalue weighted by Crippen LogP contribution is 2.28. The molecule has 1 fully saturated rings. The molecule has 1 heterocycles. The van der Waals surface area contributed by atoms with Gasteiger partial charge in [-0.15, -0.1) is 0 Å². The molecule has 28 heavy (non-hydrogen) atoms. The van der Waals surface area contributed by atoms with E-state index in [1.165, 1.54) is 7.11 Å². The molecule has 7 nitrogen and oxygen atoms in total. The van der Waals surface area contributed by atoms with Gasteiger partial charge in [-0.1, -0.05) is 36.4 Å². The van der Waals surface area contributed by atoms with Crippen molar-refractivity contribution >= 4 is 11.9 Å². The molecule has 0 saturated carbocycles. The first-order valence-electron chi connectivity index (χ1n) is 8.89. The van der Waals surface area contributed by atoms with Gasteiger partial charge in [0, 0.05) is 7.11 Å². The van der Waals surface area contributed by atoms with Crippen molar-refractivity contribution in [1.82, 2.24) is 0 Å². The zero-order valence-corrected chi connectivity index (χ0v) is 15.6. The maximum Gasteiger partial charge on any atom is 0.338 e. The van der Waals surface area contributed by atoms with Gasteiger partial charge in [0.25, 0.3) is 0 Å². The molecular weight excluding hydrogens is 364 g/mol. The lowest BCUT2D eigenvalue weighted by Crippen LogP contribution is -2.60. The first-order chi connectivity index (χ1) is 13.5. The van der Waals surface area contributed by atoms with E-state index in [0.29, 0.717) is 11.1 Å². The first kappa shape index (κ1) is 20.0. The molecule has 148 valence electrons. The van der Waals surface area contributed by atoms with Gasteiger partial charge in [0.1, 0.15) is 6.10 Å². The summed E-state index contributed by atoms with van der Waals surface area (Å²) in [5.41, 5.74) is 0.634. The standard InChI is InChI=1S/C21H22O7/c1-13-16(22)17(27-19(23)14-9-5-3-6-10-14)18(21(25-2)26-13)28-20(24)15-11-7-4-8-12-15/h3-13,16-18,21-22H,1-2H3/t13-,16+,17+,18-,21+/m0/s1. The highest BCUT2D eigenvalue weighted by atomic mass is 16.7. The Labute approximate surface area is 162 Å². The summed E-state index contributed by atoms with van der Waals surface area (Å²) < 4.78 is 21.9. The van der Waals surface area contributed by atoms with Crippen LogP contribution in [0.25, 0.3) is 0 Å². The summed E-state index contributed by atoms with van der Waals surface area (Å²) in [7, 11) is 1.38. The van der Waals surface area contributed by atoms with Gasteiger partial charge in [-0.05, 0) is 31.2 Å². The van der Waals surface area contributed by atoms with E-state index >= 15 is 0 Å². The van der Waals surface area contributed by atoms with Crippen molar-refractivity contribution in [3.63, 3.8) is 0 Å². The Morgan fingerprint density at radius 1 is 0.857 bits per heavy atom. The Morgan fingerprint density at radius 3 is 1.79 bits per heavy atom. The molecule has 1 saturated heterocycles. The number of ether oxygens (including phenoxy) is 4. The Balaban J connectivity index is 1.83. The molecule has 1 aliphatic heterocycles. The number of methoxy groups -OCH3 is 1. The van der Waals surface area contributed by atoms with Crippen LogP contribution in [0.5, 0.6) is 0 Å². The minimum Gasteiger partial charge on any atom is -0.452 e. The molecule has 5 atom stereocenters. The molecular formula is C21H22O7. The molecule has 7 heteroatoms. The third-order valence-corrected chi connectivity index (χ3v) is 4.50. The summed E-state index contributed by atoms with van der Waals surface area (Å²) in [5.74, 6) is -1.28. The zero-order chi connectivity index (χ0) is 20.1. The second-order valence-corrected chi connectivity index (χ2v) is 6.41. The van der Waals surface area contributed by atoms with E-state index in [-0.39, 0.29) is 0 Å². The van der Waals surface area contributed by atoms with Gasteiger partial charge < -0.3 is 24.1 Å². The van der Waals surface area contributed by atoms with Crippen LogP contribution in [0.2, 0.25) is 0 Å². The van der Waals surface area contributed by atoms with Crippen molar-refractivity contribution in [3.8, 4) is 0 Å². The smallest absolute Gasteiger partial charge is 0.338 e. The van der Waals surface area contributed by atoms with E-state index in [1.807, 2.05) is 0 Å². The van der Waals surface area contributed by atoms with Crippen LogP contribution in [-0.4, -0.2) is 54.9 Å². The van der Waals surface area contributed by atoms with Crippen molar-refractivity contribution < 1.29 is 33.6 Å². The third kappa shape index (κ3) is 4.39. The van der Waals surface area contributed by atoms with E-state index in [9.17, 15) is 14.7 Å². The molecule has 0 unspecified atom stereocenters. The van der Waals surface area contributed by atoms with Crippen molar-refractivity contribution in [2.45, 2.75) is 37.6 Å². The van der Waals surface area contributed by atoms with Crippen molar-refractivity contribution in [3.05, 3.63) is 71.8 Å². The van der Waals surface area contributed by atoms with Gasteiger partial charge in [-0.2, -0.15) is 0 Å². The van der Waals surface area contributed by atoms with Gasteiger partial charge in [0.2, 0.25) is 0 Å². The summed E-state index contributed by atoms with van der Waals surface area (Å²) in [6, 6.07) is 16.7. The lowest BCUT2D eigenvalue weighted by atomic mass is 9.99. The third-order valence-electron chi connectivity index (χ3n) is 4.50. The Kier molecular flexibility index (Phi) is 6.41. The summed E-state index contributed by atoms with van der Waals surface area (Å²) in [4.78, 5) is 25.0. The predicted molar refractivity (Wildman–Crippen MR) is 98.6 cm³/mol. The van der Waals surface area contributed by atoms with E-state index < -0.39 is 42.6 Å². The number of hydrogen-bond donors (Lipinski definition) is 1. The van der Waals surface area contributed by atoms with Crippen molar-refractivity contribution in [2.24, 2.45) is 0 Å². The number of benzene rings is 2. The second-order valence-electron chi connectivity index (χ2n) is 6.41. The van der Waals surface area contributed by atoms with Crippen LogP contribution < -0.4 is 0 Å². The molecule has 3 rings (SSSR count). The van der Waals surface area contributed by atoms with Crippen LogP contribution in [0.4, 0.5) is 0 Å². The fourth-order valence-electron chi connectivity index (χ4n) is 2.97. The van der Waals surface area contributed by atoms with E-state index in [1.54, 1.807) is 67.6 Å². The minimum atomic E-state index is -1.20. The monoisotopic (exact) mass is 386 g/mol. The molecule has 2 aromatic rings. The minimum absolute atomic E-state index is 0.316. The first-order valence-corrected chi connectivity index (χ1v) is 8.89. The largest absolute Gasteiger partial charge is 0.452 e. The van der Waals surface area contributed by atoms with Crippen LogP contribution in [0.1, 0.15) is 27.6 Å². The lowest BCUT2D eigenvalue weighted by Gasteiger charge is -2.41. The second kappa shape index (κ2) is 8.97. The van der Waals surface area contributed by atoms with Crippen LogP contribution in [0, 0.1) is 0 Å². The SMILES string of the molecule is CO[C@@H]1O[C@@H](C)[C@@H](O)[C@@H](OC(=O)c2ccccc2)[C@@H]1OC(=O)c1ccccc1. The van der Waals surface area contributed by atoms with Gasteiger partial charge in [0.05, 0.1) is 17.2 Å². The van der Waals surface area contributed by atoms with Crippen LogP contribution >= 0.6 is 0 Å². The maximum atomic E-state index is 12.5. The van der Waals surface area contributed by atoms with Crippen LogP contribution in [0.3, 0.4) is 0 Å². The molecule has 0 aliphatic carbocycles. The van der Waals surface area contributed by atoms with Gasteiger partial charge in [-0.25, -0.2) is 9.59 Å². The van der Waals surface area contributed by atoms with Gasteiger partial charge in [-0.3, -0.25) is 0 Å². The molecule has 0 amide bonds. The molecule has 0 bridgehead atoms. The number of esters is 2. The Bertz CT molecular complexity index is 739. The number of aliphatic hydroxyl groups excluding tert-OH is 1. The summed E-state index contributed by atoms with van der Waals surface area (Å²) in [5, 5.41) is 10.6. The average Bonchev–Trinajstić information content (AvgIpc) is 2.74. The molecule has 2 aromatic carbocycles. The molecule has 1 aliphatic rings. The summed E-state index contributed by atoms with van der Waals surface area (Å²) >= 11 is 0. The number of carbonyl (C=O) groups excluding carboxylic acids is 2. The van der Waals surface area contributed by atoms with Gasteiger partial charge >= 0.3 is 11.9 Å². The highest BCUT2D eigenvalue weighted by Gasteiger charge is 2.48. The van der Waals surface area contributed by atoms with Crippen LogP contribution in [0.15, 0.2) is 60.7 Å². The quantitative estimate of drug-likeness (QED) is 0.788. The van der Waals surface area contributed by atoms with Crippen molar-refractivity contribution in [2.75, 3.05) is 7.11 Å². The fraction of sp³-hybridized carbons (Fsp3) is 0.333. The predicted octanol–water partition coefficient (Wildman–Crippen LogP) is 2.19. The molecule has 0 radical (unpaired) electrons. The topological polar surface area (TPSA) is 91.3 Å². The molecule has 0 spiro atoms. The molecule has 1 N–H and O–H groups in total. The summed E-state index contributed by atoms with van der Waals surface area (Å²) in [6.45, 7) is 1.62. The van der Waals surface area contributed by atoms with E-state index in [0.717, 1.165) is 0 Å². The Hall–Kier alpha value is -2.74. The molecule has 0 aromatic heterocycles. The Morgan fingerprint density at radius 2 is 1.32 bits per heavy atom. The number of aliphatic hydroxyl groups is 1. The highest BCUT2D eigenvalue weighted by molar-refractivity contribution is 5.90. The summed E-state index contributed by atoms with van der Waals surface area (Å²) in [6.07, 6.45) is -5.19. The van der Waals surface area contributed by atoms with Crippen LogP contribution in [-0.2, 0) is 18.9 Å². The number of rotatable bonds is 5.